The summed E-state index contributed by atoms with van der Waals surface area (Å²) in [7, 11) is 0. The molecule has 0 saturated heterocycles. The van der Waals surface area contributed by atoms with Crippen LogP contribution in [-0.4, -0.2) is 22.1 Å². The molecule has 4 heteroatoms. The molecule has 4 nitrogen and oxygen atoms in total. The number of nitrogens with zero attached hydrogens (tertiary/aromatic N) is 2. The molecule has 0 radical (unpaired) electrons. The maximum absolute atomic E-state index is 5.95. The molecule has 2 unspecified atom stereocenters. The van der Waals surface area contributed by atoms with Gasteiger partial charge in [0.2, 0.25) is 5.88 Å². The maximum atomic E-state index is 5.95. The summed E-state index contributed by atoms with van der Waals surface area (Å²) in [6.45, 7) is 3.99. The molecule has 0 bridgehead atoms. The second kappa shape index (κ2) is 5.45. The van der Waals surface area contributed by atoms with Gasteiger partial charge < -0.3 is 10.5 Å². The lowest BCUT2D eigenvalue weighted by molar-refractivity contribution is 0.138. The minimum absolute atomic E-state index is 0.220. The number of nitrogens with two attached hydrogens (primary N) is 1. The summed E-state index contributed by atoms with van der Waals surface area (Å²) in [5.41, 5.74) is 6.99. The molecular weight excluding hydrogens is 214 g/mol. The fourth-order valence-electron chi connectivity index (χ4n) is 2.30. The van der Waals surface area contributed by atoms with E-state index in [0.29, 0.717) is 5.88 Å². The lowest BCUT2D eigenvalue weighted by Crippen LogP contribution is -2.33. The molecule has 1 aliphatic carbocycles. The van der Waals surface area contributed by atoms with Crippen molar-refractivity contribution in [3.05, 3.63) is 17.6 Å². The highest BCUT2D eigenvalue weighted by molar-refractivity contribution is 5.16. The standard InChI is InChI=1S/C13H21N3O/c1-3-11-8-13(16-9(2)15-11)17-12-6-4-5-10(14)7-12/h8,10,12H,3-7,14H2,1-2H3. The van der Waals surface area contributed by atoms with Gasteiger partial charge in [-0.1, -0.05) is 6.92 Å². The molecule has 2 N–H and O–H groups in total. The van der Waals surface area contributed by atoms with E-state index in [4.69, 9.17) is 10.5 Å². The van der Waals surface area contributed by atoms with Gasteiger partial charge in [-0.05, 0) is 39.0 Å². The van der Waals surface area contributed by atoms with Gasteiger partial charge in [0.05, 0.1) is 0 Å². The van der Waals surface area contributed by atoms with E-state index < -0.39 is 0 Å². The lowest BCUT2D eigenvalue weighted by atomic mass is 9.94. The number of aryl methyl sites for hydroxylation is 2. The van der Waals surface area contributed by atoms with Gasteiger partial charge in [0.15, 0.2) is 0 Å². The van der Waals surface area contributed by atoms with Crippen LogP contribution in [0.15, 0.2) is 6.07 Å². The van der Waals surface area contributed by atoms with Crippen LogP contribution in [0.25, 0.3) is 0 Å². The van der Waals surface area contributed by atoms with Crippen molar-refractivity contribution < 1.29 is 4.74 Å². The minimum atomic E-state index is 0.220. The van der Waals surface area contributed by atoms with Gasteiger partial charge in [0.1, 0.15) is 11.9 Å². The Morgan fingerprint density at radius 3 is 2.94 bits per heavy atom. The summed E-state index contributed by atoms with van der Waals surface area (Å²) in [6.07, 6.45) is 5.41. The number of hydrogen-bond donors (Lipinski definition) is 1. The van der Waals surface area contributed by atoms with E-state index in [1.807, 2.05) is 13.0 Å². The molecule has 0 spiro atoms. The zero-order valence-corrected chi connectivity index (χ0v) is 10.6. The van der Waals surface area contributed by atoms with Crippen LogP contribution < -0.4 is 10.5 Å². The molecule has 1 saturated carbocycles. The summed E-state index contributed by atoms with van der Waals surface area (Å²) < 4.78 is 5.92. The van der Waals surface area contributed by atoms with Crippen LogP contribution in [0.4, 0.5) is 0 Å². The van der Waals surface area contributed by atoms with Gasteiger partial charge in [-0.15, -0.1) is 0 Å². The Labute approximate surface area is 103 Å². The van der Waals surface area contributed by atoms with Crippen LogP contribution in [-0.2, 0) is 6.42 Å². The van der Waals surface area contributed by atoms with Crippen LogP contribution >= 0.6 is 0 Å². The Balaban J connectivity index is 2.04. The van der Waals surface area contributed by atoms with E-state index in [9.17, 15) is 0 Å². The zero-order chi connectivity index (χ0) is 12.3. The largest absolute Gasteiger partial charge is 0.474 e. The third-order valence-electron chi connectivity index (χ3n) is 3.18. The number of aromatic nitrogens is 2. The molecule has 0 aromatic carbocycles. The van der Waals surface area contributed by atoms with E-state index in [1.54, 1.807) is 0 Å². The highest BCUT2D eigenvalue weighted by atomic mass is 16.5. The molecular formula is C13H21N3O. The van der Waals surface area contributed by atoms with Gasteiger partial charge in [0.25, 0.3) is 0 Å². The fraction of sp³-hybridized carbons (Fsp3) is 0.692. The van der Waals surface area contributed by atoms with E-state index >= 15 is 0 Å². The third kappa shape index (κ3) is 3.40. The van der Waals surface area contributed by atoms with Crippen LogP contribution in [0.1, 0.15) is 44.1 Å². The highest BCUT2D eigenvalue weighted by Crippen LogP contribution is 2.22. The highest BCUT2D eigenvalue weighted by Gasteiger charge is 2.21. The number of ether oxygens (including phenoxy) is 1. The second-order valence-corrected chi connectivity index (χ2v) is 4.76. The topological polar surface area (TPSA) is 61.0 Å². The molecule has 0 amide bonds. The molecule has 1 heterocycles. The van der Waals surface area contributed by atoms with E-state index in [1.165, 1.54) is 0 Å². The predicted molar refractivity (Wildman–Crippen MR) is 67.0 cm³/mol. The summed E-state index contributed by atoms with van der Waals surface area (Å²) in [6, 6.07) is 2.22. The predicted octanol–water partition coefficient (Wildman–Crippen LogP) is 2.00. The van der Waals surface area contributed by atoms with Gasteiger partial charge in [-0.25, -0.2) is 4.98 Å². The molecule has 1 aromatic heterocycles. The smallest absolute Gasteiger partial charge is 0.217 e. The van der Waals surface area contributed by atoms with Gasteiger partial charge in [0, 0.05) is 17.8 Å². The van der Waals surface area contributed by atoms with Crippen molar-refractivity contribution in [3.63, 3.8) is 0 Å². The van der Waals surface area contributed by atoms with Crippen molar-refractivity contribution in [2.45, 2.75) is 58.1 Å². The Bertz CT molecular complexity index is 381. The molecule has 0 aliphatic heterocycles. The zero-order valence-electron chi connectivity index (χ0n) is 10.6. The molecule has 1 aliphatic rings. The normalized spacial score (nSPS) is 24.6. The van der Waals surface area contributed by atoms with Gasteiger partial charge in [-0.3, -0.25) is 0 Å². The monoisotopic (exact) mass is 235 g/mol. The summed E-state index contributed by atoms with van der Waals surface area (Å²) in [4.78, 5) is 8.67. The average Bonchev–Trinajstić information content (AvgIpc) is 2.28. The summed E-state index contributed by atoms with van der Waals surface area (Å²) in [5, 5.41) is 0. The quantitative estimate of drug-likeness (QED) is 0.870. The Hall–Kier alpha value is -1.16. The van der Waals surface area contributed by atoms with Gasteiger partial charge in [-0.2, -0.15) is 4.98 Å². The van der Waals surface area contributed by atoms with Crippen molar-refractivity contribution in [1.82, 2.24) is 9.97 Å². The number of hydrogen-bond acceptors (Lipinski definition) is 4. The van der Waals surface area contributed by atoms with Crippen molar-refractivity contribution >= 4 is 0 Å². The first-order valence-electron chi connectivity index (χ1n) is 6.44. The SMILES string of the molecule is CCc1cc(OC2CCCC(N)C2)nc(C)n1. The van der Waals surface area contributed by atoms with E-state index in [0.717, 1.165) is 43.6 Å². The average molecular weight is 235 g/mol. The molecule has 2 rings (SSSR count). The first-order chi connectivity index (χ1) is 8.17. The lowest BCUT2D eigenvalue weighted by Gasteiger charge is -2.26. The van der Waals surface area contributed by atoms with Crippen molar-refractivity contribution in [1.29, 1.82) is 0 Å². The summed E-state index contributed by atoms with van der Waals surface area (Å²) in [5.74, 6) is 1.48. The van der Waals surface area contributed by atoms with Crippen molar-refractivity contribution in [3.8, 4) is 5.88 Å². The molecule has 1 aromatic rings. The number of rotatable bonds is 3. The van der Waals surface area contributed by atoms with Crippen LogP contribution in [0, 0.1) is 6.92 Å². The van der Waals surface area contributed by atoms with Crippen molar-refractivity contribution in [2.24, 2.45) is 5.73 Å². The summed E-state index contributed by atoms with van der Waals surface area (Å²) >= 11 is 0. The fourth-order valence-corrected chi connectivity index (χ4v) is 2.30. The van der Waals surface area contributed by atoms with Crippen LogP contribution in [0.2, 0.25) is 0 Å². The van der Waals surface area contributed by atoms with Crippen LogP contribution in [0.3, 0.4) is 0 Å². The van der Waals surface area contributed by atoms with E-state index in [-0.39, 0.29) is 12.1 Å². The minimum Gasteiger partial charge on any atom is -0.474 e. The second-order valence-electron chi connectivity index (χ2n) is 4.76. The molecule has 1 fully saturated rings. The van der Waals surface area contributed by atoms with Crippen molar-refractivity contribution in [2.75, 3.05) is 0 Å². The Morgan fingerprint density at radius 2 is 2.24 bits per heavy atom. The van der Waals surface area contributed by atoms with Crippen LogP contribution in [0.5, 0.6) is 5.88 Å². The Morgan fingerprint density at radius 1 is 1.41 bits per heavy atom. The first kappa shape index (κ1) is 12.3. The molecule has 2 atom stereocenters. The maximum Gasteiger partial charge on any atom is 0.217 e. The van der Waals surface area contributed by atoms with E-state index in [2.05, 4.69) is 16.9 Å². The molecule has 17 heavy (non-hydrogen) atoms. The third-order valence-corrected chi connectivity index (χ3v) is 3.18. The van der Waals surface area contributed by atoms with Gasteiger partial charge >= 0.3 is 0 Å². The Kier molecular flexibility index (Phi) is 3.94. The first-order valence-corrected chi connectivity index (χ1v) is 6.44. The molecule has 94 valence electrons.